The minimum Gasteiger partial charge on any atom is -0.485 e. The summed E-state index contributed by atoms with van der Waals surface area (Å²) >= 11 is 0. The lowest BCUT2D eigenvalue weighted by Crippen LogP contribution is -2.28. The first kappa shape index (κ1) is 22.9. The number of benzene rings is 3. The quantitative estimate of drug-likeness (QED) is 0.420. The summed E-state index contributed by atoms with van der Waals surface area (Å²) in [6, 6.07) is 25.4. The van der Waals surface area contributed by atoms with E-state index in [0.717, 1.165) is 24.1 Å². The SMILES string of the molecule is O=C(NCCCN1CCCC1)c1ccc(OCc2ccccc2)c(OCc2ccccc2)c1. The Morgan fingerprint density at radius 1 is 0.788 bits per heavy atom. The summed E-state index contributed by atoms with van der Waals surface area (Å²) in [5.74, 6) is 1.11. The third kappa shape index (κ3) is 7.09. The normalized spacial score (nSPS) is 13.6. The summed E-state index contributed by atoms with van der Waals surface area (Å²) in [6.45, 7) is 4.91. The van der Waals surface area contributed by atoms with Crippen molar-refractivity contribution in [2.75, 3.05) is 26.2 Å². The van der Waals surface area contributed by atoms with Gasteiger partial charge in [-0.2, -0.15) is 0 Å². The highest BCUT2D eigenvalue weighted by Crippen LogP contribution is 2.30. The van der Waals surface area contributed by atoms with E-state index < -0.39 is 0 Å². The van der Waals surface area contributed by atoms with Crippen molar-refractivity contribution in [1.29, 1.82) is 0 Å². The Bertz CT molecular complexity index is 1000. The molecule has 1 aliphatic rings. The maximum atomic E-state index is 12.7. The van der Waals surface area contributed by atoms with Crippen molar-refractivity contribution >= 4 is 5.91 Å². The Hall–Kier alpha value is -3.31. The van der Waals surface area contributed by atoms with Crippen molar-refractivity contribution in [2.24, 2.45) is 0 Å². The average Bonchev–Trinajstić information content (AvgIpc) is 3.39. The third-order valence-electron chi connectivity index (χ3n) is 5.82. The van der Waals surface area contributed by atoms with Gasteiger partial charge in [0.25, 0.3) is 5.91 Å². The standard InChI is InChI=1S/C28H32N2O3/c31-28(29-16-9-19-30-17-7-8-18-30)25-14-15-26(32-21-23-10-3-1-4-11-23)27(20-25)33-22-24-12-5-2-6-13-24/h1-6,10-15,20H,7-9,16-19,21-22H2,(H,29,31). The maximum Gasteiger partial charge on any atom is 0.251 e. The van der Waals surface area contributed by atoms with Gasteiger partial charge in [0.2, 0.25) is 0 Å². The van der Waals surface area contributed by atoms with Gasteiger partial charge in [-0.05, 0) is 68.2 Å². The lowest BCUT2D eigenvalue weighted by Gasteiger charge is -2.16. The van der Waals surface area contributed by atoms with Crippen LogP contribution in [-0.4, -0.2) is 37.0 Å². The molecular formula is C28H32N2O3. The zero-order valence-electron chi connectivity index (χ0n) is 19.0. The van der Waals surface area contributed by atoms with Gasteiger partial charge < -0.3 is 19.7 Å². The van der Waals surface area contributed by atoms with E-state index in [-0.39, 0.29) is 5.91 Å². The lowest BCUT2D eigenvalue weighted by atomic mass is 10.1. The van der Waals surface area contributed by atoms with Gasteiger partial charge in [-0.3, -0.25) is 4.79 Å². The van der Waals surface area contributed by atoms with Crippen LogP contribution >= 0.6 is 0 Å². The minimum atomic E-state index is -0.0874. The largest absolute Gasteiger partial charge is 0.485 e. The van der Waals surface area contributed by atoms with E-state index in [4.69, 9.17) is 9.47 Å². The van der Waals surface area contributed by atoms with Crippen LogP contribution in [-0.2, 0) is 13.2 Å². The van der Waals surface area contributed by atoms with Gasteiger partial charge in [0.1, 0.15) is 13.2 Å². The number of carbonyl (C=O) groups excluding carboxylic acids is 1. The summed E-state index contributed by atoms with van der Waals surface area (Å²) in [4.78, 5) is 15.2. The molecule has 1 heterocycles. The highest BCUT2D eigenvalue weighted by molar-refractivity contribution is 5.94. The van der Waals surface area contributed by atoms with E-state index in [1.807, 2.05) is 66.7 Å². The molecule has 0 radical (unpaired) electrons. The number of nitrogens with one attached hydrogen (secondary N) is 1. The van der Waals surface area contributed by atoms with E-state index in [1.54, 1.807) is 12.1 Å². The van der Waals surface area contributed by atoms with Gasteiger partial charge in [0.05, 0.1) is 0 Å². The maximum absolute atomic E-state index is 12.7. The van der Waals surface area contributed by atoms with Crippen molar-refractivity contribution in [3.63, 3.8) is 0 Å². The molecule has 0 bridgehead atoms. The fourth-order valence-electron chi connectivity index (χ4n) is 3.96. The van der Waals surface area contributed by atoms with Crippen LogP contribution in [0.15, 0.2) is 78.9 Å². The molecule has 0 atom stereocenters. The molecule has 1 aliphatic heterocycles. The topological polar surface area (TPSA) is 50.8 Å². The van der Waals surface area contributed by atoms with Crippen LogP contribution in [0.1, 0.15) is 40.7 Å². The van der Waals surface area contributed by atoms with Gasteiger partial charge in [-0.1, -0.05) is 60.7 Å². The highest BCUT2D eigenvalue weighted by Gasteiger charge is 2.14. The number of amides is 1. The van der Waals surface area contributed by atoms with Gasteiger partial charge in [-0.15, -0.1) is 0 Å². The molecule has 3 aromatic rings. The van der Waals surface area contributed by atoms with Gasteiger partial charge >= 0.3 is 0 Å². The summed E-state index contributed by atoms with van der Waals surface area (Å²) in [5.41, 5.74) is 2.71. The molecule has 5 heteroatoms. The molecule has 1 saturated heterocycles. The van der Waals surface area contributed by atoms with E-state index in [1.165, 1.54) is 25.9 Å². The predicted octanol–water partition coefficient (Wildman–Crippen LogP) is 5.06. The van der Waals surface area contributed by atoms with Gasteiger partial charge in [0.15, 0.2) is 11.5 Å². The van der Waals surface area contributed by atoms with E-state index in [2.05, 4.69) is 10.2 Å². The van der Waals surface area contributed by atoms with Crippen molar-refractivity contribution in [3.8, 4) is 11.5 Å². The number of hydrogen-bond donors (Lipinski definition) is 1. The molecular weight excluding hydrogens is 412 g/mol. The summed E-state index contributed by atoms with van der Waals surface area (Å²) in [6.07, 6.45) is 3.54. The lowest BCUT2D eigenvalue weighted by molar-refractivity contribution is 0.0951. The number of hydrogen-bond acceptors (Lipinski definition) is 4. The number of carbonyl (C=O) groups is 1. The van der Waals surface area contributed by atoms with E-state index >= 15 is 0 Å². The minimum absolute atomic E-state index is 0.0874. The number of nitrogens with zero attached hydrogens (tertiary/aromatic N) is 1. The van der Waals surface area contributed by atoms with Gasteiger partial charge in [-0.25, -0.2) is 0 Å². The summed E-state index contributed by atoms with van der Waals surface area (Å²) in [7, 11) is 0. The van der Waals surface area contributed by atoms with Crippen molar-refractivity contribution in [1.82, 2.24) is 10.2 Å². The van der Waals surface area contributed by atoms with Crippen LogP contribution in [0.25, 0.3) is 0 Å². The number of likely N-dealkylation sites (tertiary alicyclic amines) is 1. The second kappa shape index (κ2) is 12.1. The zero-order valence-corrected chi connectivity index (χ0v) is 19.0. The average molecular weight is 445 g/mol. The van der Waals surface area contributed by atoms with E-state index in [0.29, 0.717) is 36.8 Å². The molecule has 1 amide bonds. The first-order valence-electron chi connectivity index (χ1n) is 11.8. The molecule has 1 fully saturated rings. The van der Waals surface area contributed by atoms with Crippen LogP contribution < -0.4 is 14.8 Å². The first-order valence-corrected chi connectivity index (χ1v) is 11.8. The molecule has 5 nitrogen and oxygen atoms in total. The molecule has 0 spiro atoms. The fourth-order valence-corrected chi connectivity index (χ4v) is 3.96. The summed E-state index contributed by atoms with van der Waals surface area (Å²) < 4.78 is 12.1. The molecule has 3 aromatic carbocycles. The third-order valence-corrected chi connectivity index (χ3v) is 5.82. The smallest absolute Gasteiger partial charge is 0.251 e. The molecule has 0 saturated carbocycles. The second-order valence-electron chi connectivity index (χ2n) is 8.37. The number of rotatable bonds is 11. The van der Waals surface area contributed by atoms with Crippen LogP contribution in [0.4, 0.5) is 0 Å². The Morgan fingerprint density at radius 2 is 1.39 bits per heavy atom. The van der Waals surface area contributed by atoms with E-state index in [9.17, 15) is 4.79 Å². The monoisotopic (exact) mass is 444 g/mol. The van der Waals surface area contributed by atoms with Crippen molar-refractivity contribution < 1.29 is 14.3 Å². The highest BCUT2D eigenvalue weighted by atomic mass is 16.5. The summed E-state index contributed by atoms with van der Waals surface area (Å²) in [5, 5.41) is 3.04. The molecule has 0 unspecified atom stereocenters. The zero-order chi connectivity index (χ0) is 22.7. The van der Waals surface area contributed by atoms with Crippen LogP contribution in [0, 0.1) is 0 Å². The van der Waals surface area contributed by atoms with Crippen molar-refractivity contribution in [3.05, 3.63) is 95.6 Å². The van der Waals surface area contributed by atoms with Gasteiger partial charge in [0, 0.05) is 12.1 Å². The van der Waals surface area contributed by atoms with Crippen LogP contribution in [0.5, 0.6) is 11.5 Å². The second-order valence-corrected chi connectivity index (χ2v) is 8.37. The Labute approximate surface area is 196 Å². The van der Waals surface area contributed by atoms with Crippen LogP contribution in [0.2, 0.25) is 0 Å². The fraction of sp³-hybridized carbons (Fsp3) is 0.321. The predicted molar refractivity (Wildman–Crippen MR) is 131 cm³/mol. The Morgan fingerprint density at radius 3 is 2.03 bits per heavy atom. The molecule has 0 aliphatic carbocycles. The molecule has 0 aromatic heterocycles. The molecule has 33 heavy (non-hydrogen) atoms. The molecule has 1 N–H and O–H groups in total. The van der Waals surface area contributed by atoms with Crippen LogP contribution in [0.3, 0.4) is 0 Å². The van der Waals surface area contributed by atoms with Crippen molar-refractivity contribution in [2.45, 2.75) is 32.5 Å². The first-order chi connectivity index (χ1) is 16.3. The Balaban J connectivity index is 1.39. The molecule has 4 rings (SSSR count). The Kier molecular flexibility index (Phi) is 8.36. The number of ether oxygens (including phenoxy) is 2. The molecule has 172 valence electrons.